The van der Waals surface area contributed by atoms with Crippen LogP contribution in [0.4, 0.5) is 4.39 Å². The van der Waals surface area contributed by atoms with Crippen LogP contribution >= 0.6 is 22.6 Å². The van der Waals surface area contributed by atoms with Crippen LogP contribution in [-0.4, -0.2) is 9.97 Å². The Labute approximate surface area is 94.4 Å². The summed E-state index contributed by atoms with van der Waals surface area (Å²) < 4.78 is 14.2. The summed E-state index contributed by atoms with van der Waals surface area (Å²) in [6, 6.07) is 5.28. The third-order valence-corrected chi connectivity index (χ3v) is 2.39. The molecule has 0 radical (unpaired) electrons. The van der Waals surface area contributed by atoms with Crippen molar-refractivity contribution in [2.45, 2.75) is 0 Å². The lowest BCUT2D eigenvalue weighted by molar-refractivity contribution is 0.587. The first-order valence-electron chi connectivity index (χ1n) is 3.99. The highest BCUT2D eigenvalue weighted by Gasteiger charge is 2.05. The summed E-state index contributed by atoms with van der Waals surface area (Å²) in [6.45, 7) is 0. The van der Waals surface area contributed by atoms with Gasteiger partial charge in [-0.05, 0) is 46.4 Å². The van der Waals surface area contributed by atoms with E-state index in [1.54, 1.807) is 30.6 Å². The predicted octanol–water partition coefficient (Wildman–Crippen LogP) is 2.89. The van der Waals surface area contributed by atoms with Crippen molar-refractivity contribution in [3.8, 4) is 11.1 Å². The predicted molar refractivity (Wildman–Crippen MR) is 60.1 cm³/mol. The third kappa shape index (κ3) is 1.89. The topological polar surface area (TPSA) is 25.8 Å². The molecule has 0 saturated heterocycles. The van der Waals surface area contributed by atoms with Crippen LogP contribution in [0.2, 0.25) is 0 Å². The minimum Gasteiger partial charge on any atom is -0.265 e. The molecule has 2 rings (SSSR count). The first-order chi connectivity index (χ1) is 6.77. The lowest BCUT2D eigenvalue weighted by Gasteiger charge is -2.02. The van der Waals surface area contributed by atoms with Gasteiger partial charge in [0.1, 0.15) is 0 Å². The second kappa shape index (κ2) is 4.00. The minimum atomic E-state index is -0.448. The monoisotopic (exact) mass is 300 g/mol. The fourth-order valence-corrected chi connectivity index (χ4v) is 1.61. The van der Waals surface area contributed by atoms with Crippen LogP contribution in [-0.2, 0) is 0 Å². The van der Waals surface area contributed by atoms with E-state index in [1.807, 2.05) is 0 Å². The van der Waals surface area contributed by atoms with E-state index in [1.165, 1.54) is 6.20 Å². The number of pyridine rings is 2. The highest BCUT2D eigenvalue weighted by Crippen LogP contribution is 2.22. The Hall–Kier alpha value is -1.04. The molecule has 0 spiro atoms. The zero-order valence-corrected chi connectivity index (χ0v) is 9.27. The quantitative estimate of drug-likeness (QED) is 0.598. The Morgan fingerprint density at radius 2 is 1.93 bits per heavy atom. The Morgan fingerprint density at radius 1 is 1.21 bits per heavy atom. The van der Waals surface area contributed by atoms with Gasteiger partial charge in [0, 0.05) is 27.7 Å². The van der Waals surface area contributed by atoms with Crippen molar-refractivity contribution in [3.63, 3.8) is 0 Å². The van der Waals surface area contributed by atoms with Crippen molar-refractivity contribution < 1.29 is 4.39 Å². The zero-order valence-electron chi connectivity index (χ0n) is 7.11. The number of hydrogen-bond acceptors (Lipinski definition) is 2. The molecule has 0 atom stereocenters. The van der Waals surface area contributed by atoms with Crippen molar-refractivity contribution in [1.29, 1.82) is 0 Å². The molecule has 0 aliphatic rings. The molecule has 0 N–H and O–H groups in total. The molecule has 2 heterocycles. The maximum absolute atomic E-state index is 13.3. The molecule has 14 heavy (non-hydrogen) atoms. The van der Waals surface area contributed by atoms with E-state index in [9.17, 15) is 4.39 Å². The Bertz CT molecular complexity index is 445. The number of nitrogens with zero attached hydrogens (tertiary/aromatic N) is 2. The van der Waals surface area contributed by atoms with Crippen LogP contribution in [0, 0.1) is 9.52 Å². The van der Waals surface area contributed by atoms with Crippen molar-refractivity contribution >= 4 is 22.6 Å². The molecule has 0 aliphatic carbocycles. The Kier molecular flexibility index (Phi) is 2.72. The molecule has 4 heteroatoms. The molecule has 0 saturated carbocycles. The lowest BCUT2D eigenvalue weighted by atomic mass is 10.1. The molecule has 0 amide bonds. The normalized spacial score (nSPS) is 10.1. The van der Waals surface area contributed by atoms with Gasteiger partial charge in [-0.3, -0.25) is 4.98 Å². The fraction of sp³-hybridized carbons (Fsp3) is 0. The summed E-state index contributed by atoms with van der Waals surface area (Å²) in [5, 5.41) is 0. The standard InChI is InChI=1S/C10H6FIN2/c11-10-9(5-8(12)6-14-10)7-1-3-13-4-2-7/h1-6H. The first kappa shape index (κ1) is 9.51. The molecule has 0 aliphatic heterocycles. The van der Waals surface area contributed by atoms with E-state index in [0.29, 0.717) is 5.56 Å². The van der Waals surface area contributed by atoms with Gasteiger partial charge in [-0.25, -0.2) is 4.98 Å². The highest BCUT2D eigenvalue weighted by molar-refractivity contribution is 14.1. The summed E-state index contributed by atoms with van der Waals surface area (Å²) in [5.74, 6) is -0.448. The maximum Gasteiger partial charge on any atom is 0.220 e. The van der Waals surface area contributed by atoms with Gasteiger partial charge in [-0.1, -0.05) is 0 Å². The summed E-state index contributed by atoms with van der Waals surface area (Å²) in [7, 11) is 0. The van der Waals surface area contributed by atoms with E-state index in [-0.39, 0.29) is 0 Å². The summed E-state index contributed by atoms with van der Waals surface area (Å²) in [4.78, 5) is 7.54. The third-order valence-electron chi connectivity index (χ3n) is 1.80. The molecule has 0 unspecified atom stereocenters. The average Bonchev–Trinajstić information content (AvgIpc) is 2.23. The van der Waals surface area contributed by atoms with Gasteiger partial charge in [0.15, 0.2) is 0 Å². The Balaban J connectivity index is 2.57. The largest absolute Gasteiger partial charge is 0.265 e. The number of halogens is 2. The van der Waals surface area contributed by atoms with E-state index >= 15 is 0 Å². The van der Waals surface area contributed by atoms with Gasteiger partial charge >= 0.3 is 0 Å². The zero-order chi connectivity index (χ0) is 9.97. The molecule has 2 nitrogen and oxygen atoms in total. The van der Waals surface area contributed by atoms with E-state index in [4.69, 9.17) is 0 Å². The molecular weight excluding hydrogens is 294 g/mol. The minimum absolute atomic E-state index is 0.448. The molecule has 70 valence electrons. The first-order valence-corrected chi connectivity index (χ1v) is 5.06. The van der Waals surface area contributed by atoms with Gasteiger partial charge in [-0.15, -0.1) is 0 Å². The van der Waals surface area contributed by atoms with Crippen molar-refractivity contribution in [3.05, 3.63) is 46.3 Å². The fourth-order valence-electron chi connectivity index (χ4n) is 1.16. The van der Waals surface area contributed by atoms with E-state index in [2.05, 4.69) is 32.6 Å². The van der Waals surface area contributed by atoms with Gasteiger partial charge < -0.3 is 0 Å². The molecular formula is C10H6FIN2. The second-order valence-electron chi connectivity index (χ2n) is 2.73. The number of rotatable bonds is 1. The SMILES string of the molecule is Fc1ncc(I)cc1-c1ccncc1. The summed E-state index contributed by atoms with van der Waals surface area (Å²) in [5.41, 5.74) is 1.31. The highest BCUT2D eigenvalue weighted by atomic mass is 127. The van der Waals surface area contributed by atoms with Crippen LogP contribution in [0.1, 0.15) is 0 Å². The lowest BCUT2D eigenvalue weighted by Crippen LogP contribution is -1.90. The number of aromatic nitrogens is 2. The van der Waals surface area contributed by atoms with Crippen molar-refractivity contribution in [2.24, 2.45) is 0 Å². The second-order valence-corrected chi connectivity index (χ2v) is 3.97. The van der Waals surface area contributed by atoms with Gasteiger partial charge in [0.2, 0.25) is 5.95 Å². The molecule has 0 bridgehead atoms. The van der Waals surface area contributed by atoms with E-state index in [0.717, 1.165) is 9.13 Å². The van der Waals surface area contributed by atoms with Crippen LogP contribution in [0.25, 0.3) is 11.1 Å². The Morgan fingerprint density at radius 3 is 2.64 bits per heavy atom. The van der Waals surface area contributed by atoms with Crippen LogP contribution in [0.3, 0.4) is 0 Å². The van der Waals surface area contributed by atoms with Gasteiger partial charge in [0.05, 0.1) is 0 Å². The van der Waals surface area contributed by atoms with Crippen LogP contribution < -0.4 is 0 Å². The molecule has 0 aromatic carbocycles. The van der Waals surface area contributed by atoms with Crippen LogP contribution in [0.5, 0.6) is 0 Å². The maximum atomic E-state index is 13.3. The number of hydrogen-bond donors (Lipinski definition) is 0. The molecule has 2 aromatic heterocycles. The molecule has 0 fully saturated rings. The average molecular weight is 300 g/mol. The van der Waals surface area contributed by atoms with Gasteiger partial charge in [-0.2, -0.15) is 4.39 Å². The summed E-state index contributed by atoms with van der Waals surface area (Å²) in [6.07, 6.45) is 4.77. The van der Waals surface area contributed by atoms with Crippen molar-refractivity contribution in [2.75, 3.05) is 0 Å². The molecule has 2 aromatic rings. The smallest absolute Gasteiger partial charge is 0.220 e. The van der Waals surface area contributed by atoms with Crippen molar-refractivity contribution in [1.82, 2.24) is 9.97 Å². The van der Waals surface area contributed by atoms with E-state index < -0.39 is 5.95 Å². The van der Waals surface area contributed by atoms with Crippen LogP contribution in [0.15, 0.2) is 36.8 Å². The summed E-state index contributed by atoms with van der Waals surface area (Å²) >= 11 is 2.10. The van der Waals surface area contributed by atoms with Gasteiger partial charge in [0.25, 0.3) is 0 Å².